The summed E-state index contributed by atoms with van der Waals surface area (Å²) in [6.07, 6.45) is 3.82. The van der Waals surface area contributed by atoms with Crippen LogP contribution in [-0.4, -0.2) is 14.2 Å². The number of halogens is 2. The van der Waals surface area contributed by atoms with E-state index in [4.69, 9.17) is 15.2 Å². The summed E-state index contributed by atoms with van der Waals surface area (Å²) in [7, 11) is 2.98. The molecule has 1 saturated carbocycles. The average Bonchev–Trinajstić information content (AvgIpc) is 2.77. The highest BCUT2D eigenvalue weighted by Crippen LogP contribution is 2.47. The molecule has 0 spiro atoms. The molecule has 5 heteroatoms. The van der Waals surface area contributed by atoms with E-state index in [0.29, 0.717) is 15.8 Å². The lowest BCUT2D eigenvalue weighted by Crippen LogP contribution is -2.33. The van der Waals surface area contributed by atoms with Crippen molar-refractivity contribution in [2.75, 3.05) is 14.2 Å². The summed E-state index contributed by atoms with van der Waals surface area (Å²) < 4.78 is 24.9. The Hall–Kier alpha value is -0.810. The van der Waals surface area contributed by atoms with Gasteiger partial charge in [-0.3, -0.25) is 0 Å². The highest BCUT2D eigenvalue weighted by Gasteiger charge is 2.36. The van der Waals surface area contributed by atoms with Crippen LogP contribution in [0.3, 0.4) is 0 Å². The van der Waals surface area contributed by atoms with Crippen molar-refractivity contribution in [1.82, 2.24) is 0 Å². The Kier molecular flexibility index (Phi) is 3.82. The van der Waals surface area contributed by atoms with Gasteiger partial charge in [0.25, 0.3) is 0 Å². The topological polar surface area (TPSA) is 44.5 Å². The summed E-state index contributed by atoms with van der Waals surface area (Å²) >= 11 is 3.33. The van der Waals surface area contributed by atoms with Crippen LogP contribution in [0.1, 0.15) is 31.2 Å². The lowest BCUT2D eigenvalue weighted by Gasteiger charge is -2.27. The third-order valence-electron chi connectivity index (χ3n) is 3.57. The van der Waals surface area contributed by atoms with Crippen molar-refractivity contribution >= 4 is 15.9 Å². The largest absolute Gasteiger partial charge is 0.495 e. The molecule has 0 saturated heterocycles. The molecule has 1 aromatic carbocycles. The number of ether oxygens (including phenoxy) is 2. The van der Waals surface area contributed by atoms with Gasteiger partial charge in [0.2, 0.25) is 0 Å². The van der Waals surface area contributed by atoms with E-state index < -0.39 is 11.4 Å². The number of rotatable bonds is 3. The van der Waals surface area contributed by atoms with Crippen LogP contribution >= 0.6 is 15.9 Å². The Morgan fingerprint density at radius 2 is 1.78 bits per heavy atom. The fourth-order valence-electron chi connectivity index (χ4n) is 2.62. The summed E-state index contributed by atoms with van der Waals surface area (Å²) in [6.45, 7) is 0. The van der Waals surface area contributed by atoms with E-state index in [1.54, 1.807) is 7.11 Å². The number of hydrogen-bond acceptors (Lipinski definition) is 3. The number of methoxy groups -OCH3 is 2. The van der Waals surface area contributed by atoms with Gasteiger partial charge in [-0.2, -0.15) is 0 Å². The Bertz CT molecular complexity index is 459. The smallest absolute Gasteiger partial charge is 0.172 e. The average molecular weight is 318 g/mol. The first-order valence-corrected chi connectivity index (χ1v) is 6.72. The second-order valence-electron chi connectivity index (χ2n) is 4.65. The van der Waals surface area contributed by atoms with Crippen molar-refractivity contribution < 1.29 is 13.9 Å². The molecule has 3 nitrogen and oxygen atoms in total. The standard InChI is InChI=1S/C13H17BrFNO2/c1-17-11-8(13(16)5-3-4-6-13)7-9(15)12(18-2)10(11)14/h7H,3-6,16H2,1-2H3. The first-order valence-electron chi connectivity index (χ1n) is 5.93. The lowest BCUT2D eigenvalue weighted by molar-refractivity contribution is 0.352. The van der Waals surface area contributed by atoms with Crippen LogP contribution < -0.4 is 15.2 Å². The SMILES string of the molecule is COc1c(F)cc(C2(N)CCCC2)c(OC)c1Br. The maximum absolute atomic E-state index is 14.0. The normalized spacial score (nSPS) is 17.8. The highest BCUT2D eigenvalue weighted by molar-refractivity contribution is 9.10. The predicted molar refractivity (Wildman–Crippen MR) is 71.5 cm³/mol. The quantitative estimate of drug-likeness (QED) is 0.930. The van der Waals surface area contributed by atoms with E-state index in [1.807, 2.05) is 0 Å². The van der Waals surface area contributed by atoms with Gasteiger partial charge in [-0.05, 0) is 34.8 Å². The molecule has 0 atom stereocenters. The maximum Gasteiger partial charge on any atom is 0.172 e. The molecule has 0 heterocycles. The van der Waals surface area contributed by atoms with E-state index in [2.05, 4.69) is 15.9 Å². The first-order chi connectivity index (χ1) is 8.53. The molecule has 2 N–H and O–H groups in total. The summed E-state index contributed by atoms with van der Waals surface area (Å²) in [4.78, 5) is 0. The van der Waals surface area contributed by atoms with Gasteiger partial charge in [0.1, 0.15) is 10.2 Å². The van der Waals surface area contributed by atoms with Gasteiger partial charge in [-0.1, -0.05) is 12.8 Å². The minimum atomic E-state index is -0.499. The molecule has 100 valence electrons. The second-order valence-corrected chi connectivity index (χ2v) is 5.44. The zero-order valence-electron chi connectivity index (χ0n) is 10.6. The van der Waals surface area contributed by atoms with Crippen molar-refractivity contribution in [2.45, 2.75) is 31.2 Å². The van der Waals surface area contributed by atoms with Crippen molar-refractivity contribution in [3.05, 3.63) is 21.9 Å². The second kappa shape index (κ2) is 5.05. The molecule has 0 aromatic heterocycles. The van der Waals surface area contributed by atoms with Crippen LogP contribution in [0.25, 0.3) is 0 Å². The fraction of sp³-hybridized carbons (Fsp3) is 0.538. The van der Waals surface area contributed by atoms with Gasteiger partial charge < -0.3 is 15.2 Å². The third-order valence-corrected chi connectivity index (χ3v) is 4.29. The lowest BCUT2D eigenvalue weighted by atomic mass is 9.88. The first kappa shape index (κ1) is 13.6. The summed E-state index contributed by atoms with van der Waals surface area (Å²) in [5.74, 6) is 0.298. The van der Waals surface area contributed by atoms with Gasteiger partial charge in [-0.25, -0.2) is 4.39 Å². The van der Waals surface area contributed by atoms with Crippen LogP contribution in [-0.2, 0) is 5.54 Å². The molecule has 0 bridgehead atoms. The maximum atomic E-state index is 14.0. The minimum Gasteiger partial charge on any atom is -0.495 e. The summed E-state index contributed by atoms with van der Waals surface area (Å²) in [5.41, 5.74) is 6.59. The fourth-order valence-corrected chi connectivity index (χ4v) is 3.34. The molecule has 1 aliphatic rings. The number of nitrogens with two attached hydrogens (primary N) is 1. The van der Waals surface area contributed by atoms with Crippen molar-refractivity contribution in [2.24, 2.45) is 5.73 Å². The van der Waals surface area contributed by atoms with Crippen LogP contribution in [0.15, 0.2) is 10.5 Å². The third kappa shape index (κ3) is 2.10. The van der Waals surface area contributed by atoms with Gasteiger partial charge in [0.05, 0.1) is 14.2 Å². The molecule has 2 rings (SSSR count). The molecule has 0 radical (unpaired) electrons. The van der Waals surface area contributed by atoms with Gasteiger partial charge in [0.15, 0.2) is 11.6 Å². The van der Waals surface area contributed by atoms with E-state index in [-0.39, 0.29) is 5.75 Å². The number of benzene rings is 1. The van der Waals surface area contributed by atoms with E-state index >= 15 is 0 Å². The van der Waals surface area contributed by atoms with Gasteiger partial charge >= 0.3 is 0 Å². The highest BCUT2D eigenvalue weighted by atomic mass is 79.9. The molecule has 1 fully saturated rings. The Morgan fingerprint density at radius 3 is 2.28 bits per heavy atom. The Balaban J connectivity index is 2.60. The molecular weight excluding hydrogens is 301 g/mol. The number of hydrogen-bond donors (Lipinski definition) is 1. The zero-order chi connectivity index (χ0) is 13.3. The van der Waals surface area contributed by atoms with E-state index in [0.717, 1.165) is 25.7 Å². The van der Waals surface area contributed by atoms with E-state index in [9.17, 15) is 4.39 Å². The Labute approximate surface area is 115 Å². The minimum absolute atomic E-state index is 0.150. The molecule has 1 aliphatic carbocycles. The van der Waals surface area contributed by atoms with Crippen molar-refractivity contribution in [1.29, 1.82) is 0 Å². The van der Waals surface area contributed by atoms with Crippen LogP contribution in [0, 0.1) is 5.82 Å². The summed E-state index contributed by atoms with van der Waals surface area (Å²) in [5, 5.41) is 0. The molecule has 0 aliphatic heterocycles. The van der Waals surface area contributed by atoms with Gasteiger partial charge in [-0.15, -0.1) is 0 Å². The van der Waals surface area contributed by atoms with Crippen LogP contribution in [0.4, 0.5) is 4.39 Å². The molecule has 0 amide bonds. The molecule has 18 heavy (non-hydrogen) atoms. The predicted octanol–water partition coefficient (Wildman–Crippen LogP) is 3.33. The zero-order valence-corrected chi connectivity index (χ0v) is 12.1. The molecule has 1 aromatic rings. The van der Waals surface area contributed by atoms with E-state index in [1.165, 1.54) is 13.2 Å². The summed E-state index contributed by atoms with van der Waals surface area (Å²) in [6, 6.07) is 1.44. The van der Waals surface area contributed by atoms with Gasteiger partial charge in [0, 0.05) is 11.1 Å². The Morgan fingerprint density at radius 1 is 1.22 bits per heavy atom. The van der Waals surface area contributed by atoms with Crippen LogP contribution in [0.2, 0.25) is 0 Å². The molecular formula is C13H17BrFNO2. The van der Waals surface area contributed by atoms with Crippen molar-refractivity contribution in [3.8, 4) is 11.5 Å². The monoisotopic (exact) mass is 317 g/mol. The van der Waals surface area contributed by atoms with Crippen molar-refractivity contribution in [3.63, 3.8) is 0 Å². The van der Waals surface area contributed by atoms with Crippen LogP contribution in [0.5, 0.6) is 11.5 Å². The molecule has 0 unspecified atom stereocenters.